The summed E-state index contributed by atoms with van der Waals surface area (Å²) in [5.74, 6) is -0.524. The Hall–Kier alpha value is -2.07. The highest BCUT2D eigenvalue weighted by Crippen LogP contribution is 2.14. The predicted molar refractivity (Wildman–Crippen MR) is 79.5 cm³/mol. The minimum absolute atomic E-state index is 0.135. The fourth-order valence-corrected chi connectivity index (χ4v) is 2.07. The summed E-state index contributed by atoms with van der Waals surface area (Å²) in [5, 5.41) is 12.2. The normalized spacial score (nSPS) is 10.2. The highest BCUT2D eigenvalue weighted by Gasteiger charge is 2.07. The van der Waals surface area contributed by atoms with E-state index in [1.165, 1.54) is 17.7 Å². The van der Waals surface area contributed by atoms with E-state index in [-0.39, 0.29) is 10.7 Å². The molecule has 0 saturated carbocycles. The van der Waals surface area contributed by atoms with Crippen LogP contribution in [0, 0.1) is 0 Å². The number of rotatable bonds is 6. The van der Waals surface area contributed by atoms with Crippen molar-refractivity contribution in [2.24, 2.45) is 0 Å². The summed E-state index contributed by atoms with van der Waals surface area (Å²) in [4.78, 5) is 15.0. The minimum Gasteiger partial charge on any atom is -0.478 e. The number of aromatic nitrogens is 1. The average Bonchev–Trinajstić information content (AvgIpc) is 2.44. The third kappa shape index (κ3) is 4.24. The molecule has 0 spiro atoms. The maximum Gasteiger partial charge on any atom is 0.335 e. The molecule has 1 heterocycles. The van der Waals surface area contributed by atoms with Gasteiger partial charge in [0.1, 0.15) is 11.0 Å². The van der Waals surface area contributed by atoms with Crippen molar-refractivity contribution in [2.45, 2.75) is 12.8 Å². The van der Waals surface area contributed by atoms with Crippen LogP contribution in [0.25, 0.3) is 0 Å². The van der Waals surface area contributed by atoms with E-state index in [2.05, 4.69) is 22.4 Å². The van der Waals surface area contributed by atoms with Gasteiger partial charge in [-0.25, -0.2) is 9.78 Å². The van der Waals surface area contributed by atoms with Gasteiger partial charge in [-0.1, -0.05) is 41.9 Å². The van der Waals surface area contributed by atoms with Crippen LogP contribution in [0.15, 0.2) is 42.5 Å². The van der Waals surface area contributed by atoms with Gasteiger partial charge in [0, 0.05) is 6.54 Å². The molecule has 0 aliphatic heterocycles. The fraction of sp³-hybridized carbons (Fsp3) is 0.200. The van der Waals surface area contributed by atoms with Crippen molar-refractivity contribution in [3.8, 4) is 0 Å². The third-order valence-electron chi connectivity index (χ3n) is 2.83. The molecule has 0 radical (unpaired) electrons. The lowest BCUT2D eigenvalue weighted by Gasteiger charge is -2.07. The van der Waals surface area contributed by atoms with E-state index in [0.717, 1.165) is 12.8 Å². The summed E-state index contributed by atoms with van der Waals surface area (Å²) in [6.07, 6.45) is 1.89. The Morgan fingerprint density at radius 2 is 2.00 bits per heavy atom. The topological polar surface area (TPSA) is 62.2 Å². The van der Waals surface area contributed by atoms with Crippen LogP contribution in [-0.4, -0.2) is 22.6 Å². The third-order valence-corrected chi connectivity index (χ3v) is 3.03. The molecule has 0 fully saturated rings. The summed E-state index contributed by atoms with van der Waals surface area (Å²) in [6, 6.07) is 13.0. The van der Waals surface area contributed by atoms with E-state index >= 15 is 0 Å². The predicted octanol–water partition coefficient (Wildman–Crippen LogP) is 3.48. The first-order valence-electron chi connectivity index (χ1n) is 6.34. The molecule has 104 valence electrons. The van der Waals surface area contributed by atoms with Gasteiger partial charge in [0.25, 0.3) is 0 Å². The number of pyridine rings is 1. The van der Waals surface area contributed by atoms with Crippen molar-refractivity contribution >= 4 is 23.4 Å². The molecule has 0 atom stereocenters. The van der Waals surface area contributed by atoms with Crippen molar-refractivity contribution in [1.82, 2.24) is 4.98 Å². The Bertz CT molecular complexity index is 588. The smallest absolute Gasteiger partial charge is 0.335 e. The fourth-order valence-electron chi connectivity index (χ4n) is 1.86. The Morgan fingerprint density at radius 3 is 2.70 bits per heavy atom. The van der Waals surface area contributed by atoms with Gasteiger partial charge in [0.15, 0.2) is 0 Å². The number of nitrogens with zero attached hydrogens (tertiary/aromatic N) is 1. The van der Waals surface area contributed by atoms with Gasteiger partial charge < -0.3 is 10.4 Å². The Labute approximate surface area is 122 Å². The second kappa shape index (κ2) is 6.91. The van der Waals surface area contributed by atoms with Gasteiger partial charge in [0.05, 0.1) is 5.56 Å². The summed E-state index contributed by atoms with van der Waals surface area (Å²) >= 11 is 5.79. The van der Waals surface area contributed by atoms with Gasteiger partial charge in [-0.2, -0.15) is 0 Å². The van der Waals surface area contributed by atoms with Crippen molar-refractivity contribution in [3.05, 3.63) is 58.7 Å². The molecular weight excluding hydrogens is 276 g/mol. The number of aromatic carboxylic acids is 1. The molecule has 1 aromatic heterocycles. The van der Waals surface area contributed by atoms with Gasteiger partial charge in [-0.3, -0.25) is 0 Å². The number of halogens is 1. The van der Waals surface area contributed by atoms with Crippen LogP contribution in [0.4, 0.5) is 5.82 Å². The molecule has 0 amide bonds. The van der Waals surface area contributed by atoms with Crippen LogP contribution in [-0.2, 0) is 6.42 Å². The van der Waals surface area contributed by atoms with Crippen molar-refractivity contribution in [1.29, 1.82) is 0 Å². The first-order valence-corrected chi connectivity index (χ1v) is 6.71. The molecule has 2 rings (SSSR count). The molecule has 0 saturated heterocycles. The van der Waals surface area contributed by atoms with Gasteiger partial charge in [-0.05, 0) is 30.5 Å². The lowest BCUT2D eigenvalue weighted by molar-refractivity contribution is 0.0697. The highest BCUT2D eigenvalue weighted by atomic mass is 35.5. The number of hydrogen-bond acceptors (Lipinski definition) is 3. The summed E-state index contributed by atoms with van der Waals surface area (Å²) in [5.41, 5.74) is 1.41. The first-order chi connectivity index (χ1) is 9.65. The lowest BCUT2D eigenvalue weighted by atomic mass is 10.1. The lowest BCUT2D eigenvalue weighted by Crippen LogP contribution is -2.06. The van der Waals surface area contributed by atoms with Crippen LogP contribution in [0.1, 0.15) is 22.3 Å². The van der Waals surface area contributed by atoms with Crippen LogP contribution < -0.4 is 5.32 Å². The standard InChI is InChI=1S/C15H15ClN2O2/c16-13-9-12(15(19)20)10-14(18-13)17-8-4-7-11-5-2-1-3-6-11/h1-3,5-6,9-10H,4,7-8H2,(H,17,18)(H,19,20). The highest BCUT2D eigenvalue weighted by molar-refractivity contribution is 6.29. The number of nitrogens with one attached hydrogen (secondary N) is 1. The van der Waals surface area contributed by atoms with Gasteiger partial charge in [-0.15, -0.1) is 0 Å². The van der Waals surface area contributed by atoms with E-state index in [0.29, 0.717) is 12.4 Å². The molecule has 0 aliphatic carbocycles. The van der Waals surface area contributed by atoms with Crippen LogP contribution in [0.2, 0.25) is 5.15 Å². The molecule has 20 heavy (non-hydrogen) atoms. The molecule has 0 aliphatic rings. The van der Waals surface area contributed by atoms with Crippen LogP contribution >= 0.6 is 11.6 Å². The van der Waals surface area contributed by atoms with E-state index in [1.54, 1.807) is 0 Å². The van der Waals surface area contributed by atoms with Crippen molar-refractivity contribution in [3.63, 3.8) is 0 Å². The average molecular weight is 291 g/mol. The van der Waals surface area contributed by atoms with E-state index in [4.69, 9.17) is 16.7 Å². The zero-order chi connectivity index (χ0) is 14.4. The summed E-state index contributed by atoms with van der Waals surface area (Å²) in [6.45, 7) is 0.710. The van der Waals surface area contributed by atoms with Crippen LogP contribution in [0.3, 0.4) is 0 Å². The Morgan fingerprint density at radius 1 is 1.25 bits per heavy atom. The molecular formula is C15H15ClN2O2. The molecule has 2 N–H and O–H groups in total. The zero-order valence-corrected chi connectivity index (χ0v) is 11.6. The largest absolute Gasteiger partial charge is 0.478 e. The number of anilines is 1. The maximum atomic E-state index is 10.9. The number of carboxylic acids is 1. The Kier molecular flexibility index (Phi) is 4.96. The number of benzene rings is 1. The van der Waals surface area contributed by atoms with E-state index in [1.807, 2.05) is 18.2 Å². The SMILES string of the molecule is O=C(O)c1cc(Cl)nc(NCCCc2ccccc2)c1. The summed E-state index contributed by atoms with van der Waals surface area (Å²) in [7, 11) is 0. The Balaban J connectivity index is 1.86. The van der Waals surface area contributed by atoms with Gasteiger partial charge in [0.2, 0.25) is 0 Å². The first kappa shape index (κ1) is 14.3. The number of carbonyl (C=O) groups is 1. The molecule has 0 bridgehead atoms. The van der Waals surface area contributed by atoms with E-state index in [9.17, 15) is 4.79 Å². The van der Waals surface area contributed by atoms with Gasteiger partial charge >= 0.3 is 5.97 Å². The maximum absolute atomic E-state index is 10.9. The molecule has 1 aromatic carbocycles. The summed E-state index contributed by atoms with van der Waals surface area (Å²) < 4.78 is 0. The van der Waals surface area contributed by atoms with Crippen LogP contribution in [0.5, 0.6) is 0 Å². The zero-order valence-electron chi connectivity index (χ0n) is 10.8. The second-order valence-electron chi connectivity index (χ2n) is 4.38. The van der Waals surface area contributed by atoms with Crippen molar-refractivity contribution in [2.75, 3.05) is 11.9 Å². The second-order valence-corrected chi connectivity index (χ2v) is 4.77. The molecule has 2 aromatic rings. The van der Waals surface area contributed by atoms with E-state index < -0.39 is 5.97 Å². The van der Waals surface area contributed by atoms with Crippen molar-refractivity contribution < 1.29 is 9.90 Å². The molecule has 5 heteroatoms. The quantitative estimate of drug-likeness (QED) is 0.631. The minimum atomic E-state index is -1.01. The molecule has 4 nitrogen and oxygen atoms in total. The number of carboxylic acid groups (broad SMARTS) is 1. The monoisotopic (exact) mass is 290 g/mol. The number of aryl methyl sites for hydroxylation is 1. The molecule has 0 unspecified atom stereocenters. The number of hydrogen-bond donors (Lipinski definition) is 2.